The van der Waals surface area contributed by atoms with Crippen molar-refractivity contribution in [1.29, 1.82) is 0 Å². The lowest BCUT2D eigenvalue weighted by molar-refractivity contribution is 0.726. The summed E-state index contributed by atoms with van der Waals surface area (Å²) < 4.78 is 0. The molecular weight excluding hydrogens is 196 g/mol. The summed E-state index contributed by atoms with van der Waals surface area (Å²) in [5.41, 5.74) is 8.62. The minimum atomic E-state index is 0.115. The van der Waals surface area contributed by atoms with Gasteiger partial charge in [0, 0.05) is 24.8 Å². The fourth-order valence-electron chi connectivity index (χ4n) is 2.17. The number of rotatable bonds is 5. The molecule has 2 N–H and O–H groups in total. The van der Waals surface area contributed by atoms with E-state index in [1.165, 1.54) is 30.6 Å². The van der Waals surface area contributed by atoms with Gasteiger partial charge in [0.25, 0.3) is 0 Å². The Kier molecular flexibility index (Phi) is 3.49. The first-order valence-corrected chi connectivity index (χ1v) is 6.31. The molecule has 0 amide bonds. The smallest absolute Gasteiger partial charge is 0.0414 e. The summed E-state index contributed by atoms with van der Waals surface area (Å²) in [5, 5.41) is 0. The Balaban J connectivity index is 2.21. The fraction of sp³-hybridized carbons (Fsp3) is 0.571. The van der Waals surface area contributed by atoms with E-state index in [9.17, 15) is 0 Å². The SMILES string of the molecule is CCN(CC1CC1)c1ccccc1[C@H](C)N. The van der Waals surface area contributed by atoms with Gasteiger partial charge in [-0.1, -0.05) is 18.2 Å². The highest BCUT2D eigenvalue weighted by molar-refractivity contribution is 5.55. The van der Waals surface area contributed by atoms with E-state index in [1.807, 2.05) is 0 Å². The van der Waals surface area contributed by atoms with E-state index in [-0.39, 0.29) is 6.04 Å². The van der Waals surface area contributed by atoms with E-state index in [4.69, 9.17) is 5.73 Å². The lowest BCUT2D eigenvalue weighted by atomic mass is 10.1. The van der Waals surface area contributed by atoms with Crippen LogP contribution in [0.25, 0.3) is 0 Å². The molecular formula is C14H22N2. The van der Waals surface area contributed by atoms with E-state index >= 15 is 0 Å². The van der Waals surface area contributed by atoms with Gasteiger partial charge in [-0.05, 0) is 44.2 Å². The highest BCUT2D eigenvalue weighted by Gasteiger charge is 2.24. The zero-order valence-electron chi connectivity index (χ0n) is 10.3. The Labute approximate surface area is 98.4 Å². The van der Waals surface area contributed by atoms with Crippen LogP contribution in [0, 0.1) is 5.92 Å². The van der Waals surface area contributed by atoms with Crippen molar-refractivity contribution in [1.82, 2.24) is 0 Å². The lowest BCUT2D eigenvalue weighted by Gasteiger charge is -2.27. The zero-order chi connectivity index (χ0) is 11.5. The van der Waals surface area contributed by atoms with Crippen LogP contribution in [0.3, 0.4) is 0 Å². The lowest BCUT2D eigenvalue weighted by Crippen LogP contribution is -2.27. The van der Waals surface area contributed by atoms with Gasteiger partial charge in [-0.25, -0.2) is 0 Å². The molecule has 2 heteroatoms. The number of para-hydroxylation sites is 1. The molecule has 1 aromatic carbocycles. The van der Waals surface area contributed by atoms with Gasteiger partial charge in [-0.2, -0.15) is 0 Å². The number of benzene rings is 1. The van der Waals surface area contributed by atoms with Crippen LogP contribution in [-0.4, -0.2) is 13.1 Å². The molecule has 2 rings (SSSR count). The van der Waals surface area contributed by atoms with Gasteiger partial charge in [0.1, 0.15) is 0 Å². The van der Waals surface area contributed by atoms with Crippen LogP contribution in [0.4, 0.5) is 5.69 Å². The molecule has 0 spiro atoms. The van der Waals surface area contributed by atoms with E-state index < -0.39 is 0 Å². The molecule has 1 fully saturated rings. The van der Waals surface area contributed by atoms with Crippen molar-refractivity contribution in [3.8, 4) is 0 Å². The maximum absolute atomic E-state index is 6.03. The number of anilines is 1. The molecule has 0 radical (unpaired) electrons. The molecule has 0 saturated heterocycles. The van der Waals surface area contributed by atoms with Crippen LogP contribution < -0.4 is 10.6 Å². The summed E-state index contributed by atoms with van der Waals surface area (Å²) in [6.45, 7) is 6.55. The fourth-order valence-corrected chi connectivity index (χ4v) is 2.17. The molecule has 1 saturated carbocycles. The molecule has 0 aliphatic heterocycles. The quantitative estimate of drug-likeness (QED) is 0.823. The Bertz CT molecular complexity index is 342. The van der Waals surface area contributed by atoms with Gasteiger partial charge < -0.3 is 10.6 Å². The zero-order valence-corrected chi connectivity index (χ0v) is 10.3. The van der Waals surface area contributed by atoms with Crippen molar-refractivity contribution in [3.05, 3.63) is 29.8 Å². The van der Waals surface area contributed by atoms with Gasteiger partial charge in [0.15, 0.2) is 0 Å². The highest BCUT2D eigenvalue weighted by Crippen LogP contribution is 2.33. The molecule has 1 aromatic rings. The summed E-state index contributed by atoms with van der Waals surface area (Å²) in [7, 11) is 0. The largest absolute Gasteiger partial charge is 0.371 e. The Morgan fingerprint density at radius 1 is 1.38 bits per heavy atom. The second-order valence-corrected chi connectivity index (χ2v) is 4.83. The number of hydrogen-bond donors (Lipinski definition) is 1. The van der Waals surface area contributed by atoms with Crippen LogP contribution in [0.1, 0.15) is 38.3 Å². The summed E-state index contributed by atoms with van der Waals surface area (Å²) in [5.74, 6) is 0.918. The number of nitrogens with two attached hydrogens (primary N) is 1. The topological polar surface area (TPSA) is 29.3 Å². The third-order valence-corrected chi connectivity index (χ3v) is 3.33. The van der Waals surface area contributed by atoms with Crippen LogP contribution in [-0.2, 0) is 0 Å². The molecule has 16 heavy (non-hydrogen) atoms. The van der Waals surface area contributed by atoms with Crippen molar-refractivity contribution in [3.63, 3.8) is 0 Å². The van der Waals surface area contributed by atoms with Crippen LogP contribution in [0.15, 0.2) is 24.3 Å². The van der Waals surface area contributed by atoms with E-state index in [0.29, 0.717) is 0 Å². The second kappa shape index (κ2) is 4.88. The van der Waals surface area contributed by atoms with Gasteiger partial charge in [0.2, 0.25) is 0 Å². The molecule has 0 unspecified atom stereocenters. The van der Waals surface area contributed by atoms with Crippen LogP contribution in [0.2, 0.25) is 0 Å². The average molecular weight is 218 g/mol. The molecule has 0 heterocycles. The standard InChI is InChI=1S/C14H22N2/c1-3-16(10-12-8-9-12)14-7-5-4-6-13(14)11(2)15/h4-7,11-12H,3,8-10,15H2,1-2H3/t11-/m0/s1. The minimum Gasteiger partial charge on any atom is -0.371 e. The Hall–Kier alpha value is -1.02. The van der Waals surface area contributed by atoms with Crippen molar-refractivity contribution >= 4 is 5.69 Å². The molecule has 1 aliphatic rings. The number of nitrogens with zero attached hydrogens (tertiary/aromatic N) is 1. The summed E-state index contributed by atoms with van der Waals surface area (Å²) in [6.07, 6.45) is 2.80. The molecule has 0 bridgehead atoms. The molecule has 88 valence electrons. The van der Waals surface area contributed by atoms with Crippen molar-refractivity contribution < 1.29 is 0 Å². The highest BCUT2D eigenvalue weighted by atomic mass is 15.1. The van der Waals surface area contributed by atoms with Gasteiger partial charge >= 0.3 is 0 Å². The predicted octanol–water partition coefficient (Wildman–Crippen LogP) is 2.94. The van der Waals surface area contributed by atoms with Gasteiger partial charge in [-0.3, -0.25) is 0 Å². The third kappa shape index (κ3) is 2.56. The Morgan fingerprint density at radius 2 is 2.06 bits per heavy atom. The van der Waals surface area contributed by atoms with E-state index in [0.717, 1.165) is 12.5 Å². The molecule has 1 atom stereocenters. The second-order valence-electron chi connectivity index (χ2n) is 4.83. The number of hydrogen-bond acceptors (Lipinski definition) is 2. The Morgan fingerprint density at radius 3 is 2.62 bits per heavy atom. The molecule has 1 aliphatic carbocycles. The van der Waals surface area contributed by atoms with Crippen LogP contribution >= 0.6 is 0 Å². The van der Waals surface area contributed by atoms with Crippen molar-refractivity contribution in [2.75, 3.05) is 18.0 Å². The monoisotopic (exact) mass is 218 g/mol. The molecule has 2 nitrogen and oxygen atoms in total. The summed E-state index contributed by atoms with van der Waals surface area (Å²) in [6, 6.07) is 8.65. The van der Waals surface area contributed by atoms with Crippen molar-refractivity contribution in [2.45, 2.75) is 32.7 Å². The first kappa shape index (κ1) is 11.5. The first-order valence-electron chi connectivity index (χ1n) is 6.31. The maximum Gasteiger partial charge on any atom is 0.0414 e. The van der Waals surface area contributed by atoms with Gasteiger partial charge in [0.05, 0.1) is 0 Å². The summed E-state index contributed by atoms with van der Waals surface area (Å²) >= 11 is 0. The third-order valence-electron chi connectivity index (χ3n) is 3.33. The van der Waals surface area contributed by atoms with Gasteiger partial charge in [-0.15, -0.1) is 0 Å². The van der Waals surface area contributed by atoms with Crippen LogP contribution in [0.5, 0.6) is 0 Å². The minimum absolute atomic E-state index is 0.115. The predicted molar refractivity (Wildman–Crippen MR) is 69.7 cm³/mol. The van der Waals surface area contributed by atoms with Crippen molar-refractivity contribution in [2.24, 2.45) is 11.7 Å². The normalized spacial score (nSPS) is 17.2. The van der Waals surface area contributed by atoms with E-state index in [2.05, 4.69) is 43.0 Å². The summed E-state index contributed by atoms with van der Waals surface area (Å²) in [4.78, 5) is 2.47. The first-order chi connectivity index (χ1) is 7.72. The average Bonchev–Trinajstić information content (AvgIpc) is 3.09. The van der Waals surface area contributed by atoms with E-state index in [1.54, 1.807) is 0 Å². The maximum atomic E-state index is 6.03. The molecule has 0 aromatic heterocycles.